The number of nitrogens with one attached hydrogen (secondary N) is 1. The summed E-state index contributed by atoms with van der Waals surface area (Å²) < 4.78 is 18.4. The van der Waals surface area contributed by atoms with Gasteiger partial charge >= 0.3 is 12.0 Å². The normalized spacial score (nSPS) is 15.6. The van der Waals surface area contributed by atoms with E-state index in [1.165, 1.54) is 34.1 Å². The molecule has 1 unspecified atom stereocenters. The smallest absolute Gasteiger partial charge is 0.335 e. The first-order valence-electron chi connectivity index (χ1n) is 11.1. The summed E-state index contributed by atoms with van der Waals surface area (Å²) in [5.41, 5.74) is 0.929. The van der Waals surface area contributed by atoms with E-state index in [0.29, 0.717) is 29.3 Å². The van der Waals surface area contributed by atoms with Gasteiger partial charge in [-0.15, -0.1) is 0 Å². The van der Waals surface area contributed by atoms with Crippen molar-refractivity contribution >= 4 is 29.5 Å². The van der Waals surface area contributed by atoms with Gasteiger partial charge in [0.05, 0.1) is 24.6 Å². The maximum absolute atomic E-state index is 13.0. The molecule has 35 heavy (non-hydrogen) atoms. The van der Waals surface area contributed by atoms with E-state index < -0.39 is 18.0 Å². The molecule has 2 N–H and O–H groups in total. The van der Waals surface area contributed by atoms with Gasteiger partial charge in [-0.25, -0.2) is 14.0 Å². The van der Waals surface area contributed by atoms with Crippen LogP contribution in [0.2, 0.25) is 5.02 Å². The Morgan fingerprint density at radius 2 is 1.94 bits per heavy atom. The van der Waals surface area contributed by atoms with Gasteiger partial charge in [0.25, 0.3) is 0 Å². The van der Waals surface area contributed by atoms with E-state index in [2.05, 4.69) is 5.32 Å². The maximum Gasteiger partial charge on any atom is 0.335 e. The van der Waals surface area contributed by atoms with Crippen LogP contribution in [0.1, 0.15) is 31.4 Å². The second-order valence-electron chi connectivity index (χ2n) is 8.15. The third kappa shape index (κ3) is 6.73. The standard InChI is InChI=1S/C25H27ClFN3O5/c1-16-22(24(32)33)23(17-5-3-6-18(26)15-17)30(25(34)28-16)13-4-12-29(2)21(31)11-14-35-20-9-7-19(27)8-10-20/h3,5-10,15,23H,4,11-14H2,1-2H3,(H,28,34)(H,32,33). The zero-order valence-electron chi connectivity index (χ0n) is 19.5. The molecule has 0 aromatic heterocycles. The Labute approximate surface area is 207 Å². The molecule has 0 fully saturated rings. The molecule has 10 heteroatoms. The second kappa shape index (κ2) is 11.7. The average Bonchev–Trinajstić information content (AvgIpc) is 2.80. The number of ether oxygens (including phenoxy) is 1. The van der Waals surface area contributed by atoms with Gasteiger partial charge in [0, 0.05) is 30.9 Å². The Bertz CT molecular complexity index is 1120. The van der Waals surface area contributed by atoms with Crippen molar-refractivity contribution in [3.05, 3.63) is 76.2 Å². The van der Waals surface area contributed by atoms with Crippen molar-refractivity contribution in [2.24, 2.45) is 0 Å². The minimum Gasteiger partial charge on any atom is -0.493 e. The van der Waals surface area contributed by atoms with Crippen molar-refractivity contribution in [1.29, 1.82) is 0 Å². The lowest BCUT2D eigenvalue weighted by Crippen LogP contribution is -2.49. The van der Waals surface area contributed by atoms with Crippen molar-refractivity contribution in [3.63, 3.8) is 0 Å². The first-order valence-corrected chi connectivity index (χ1v) is 11.4. The molecule has 0 spiro atoms. The molecular formula is C25H27ClFN3O5. The molecule has 1 heterocycles. The van der Waals surface area contributed by atoms with Gasteiger partial charge in [-0.05, 0) is 55.3 Å². The molecule has 0 saturated heterocycles. The van der Waals surface area contributed by atoms with Crippen molar-refractivity contribution < 1.29 is 28.6 Å². The van der Waals surface area contributed by atoms with E-state index in [-0.39, 0.29) is 42.6 Å². The summed E-state index contributed by atoms with van der Waals surface area (Å²) >= 11 is 6.13. The molecule has 1 aliphatic rings. The number of carbonyl (C=O) groups excluding carboxylic acids is 2. The van der Waals surface area contributed by atoms with E-state index in [1.807, 2.05) is 0 Å². The van der Waals surface area contributed by atoms with E-state index in [0.717, 1.165) is 0 Å². The van der Waals surface area contributed by atoms with Crippen LogP contribution in [0.5, 0.6) is 5.75 Å². The minimum absolute atomic E-state index is 0.0641. The molecule has 1 atom stereocenters. The molecule has 186 valence electrons. The van der Waals surface area contributed by atoms with Crippen LogP contribution in [-0.4, -0.2) is 59.6 Å². The molecule has 2 aromatic rings. The van der Waals surface area contributed by atoms with Crippen molar-refractivity contribution in [3.8, 4) is 5.75 Å². The Balaban J connectivity index is 1.60. The predicted octanol–water partition coefficient (Wildman–Crippen LogP) is 4.22. The van der Waals surface area contributed by atoms with E-state index in [9.17, 15) is 23.9 Å². The highest BCUT2D eigenvalue weighted by Gasteiger charge is 2.37. The zero-order valence-corrected chi connectivity index (χ0v) is 20.2. The monoisotopic (exact) mass is 503 g/mol. The number of amides is 3. The average molecular weight is 504 g/mol. The molecule has 3 rings (SSSR count). The van der Waals surface area contributed by atoms with Gasteiger partial charge in [-0.2, -0.15) is 0 Å². The summed E-state index contributed by atoms with van der Waals surface area (Å²) in [6.07, 6.45) is 0.561. The van der Waals surface area contributed by atoms with Gasteiger partial charge in [0.15, 0.2) is 0 Å². The molecule has 0 bridgehead atoms. The van der Waals surface area contributed by atoms with Crippen LogP contribution in [0, 0.1) is 5.82 Å². The summed E-state index contributed by atoms with van der Waals surface area (Å²) in [5, 5.41) is 12.9. The molecule has 0 aliphatic carbocycles. The van der Waals surface area contributed by atoms with Gasteiger partial charge < -0.3 is 25.0 Å². The lowest BCUT2D eigenvalue weighted by atomic mass is 9.93. The van der Waals surface area contributed by atoms with Gasteiger partial charge in [-0.1, -0.05) is 23.7 Å². The molecule has 0 saturated carbocycles. The quantitative estimate of drug-likeness (QED) is 0.505. The van der Waals surface area contributed by atoms with Gasteiger partial charge in [-0.3, -0.25) is 4.79 Å². The highest BCUT2D eigenvalue weighted by atomic mass is 35.5. The molecule has 8 nitrogen and oxygen atoms in total. The lowest BCUT2D eigenvalue weighted by Gasteiger charge is -2.37. The van der Waals surface area contributed by atoms with Crippen LogP contribution in [0.3, 0.4) is 0 Å². The largest absolute Gasteiger partial charge is 0.493 e. The predicted molar refractivity (Wildman–Crippen MR) is 129 cm³/mol. The summed E-state index contributed by atoms with van der Waals surface area (Å²) in [4.78, 5) is 40.2. The van der Waals surface area contributed by atoms with E-state index in [1.54, 1.807) is 38.2 Å². The number of hydrogen-bond acceptors (Lipinski definition) is 4. The number of allylic oxidation sites excluding steroid dienone is 1. The summed E-state index contributed by atoms with van der Waals surface area (Å²) in [6, 6.07) is 11.1. The first kappa shape index (κ1) is 26.0. The molecule has 2 aromatic carbocycles. The first-order chi connectivity index (χ1) is 16.7. The van der Waals surface area contributed by atoms with Crippen molar-refractivity contribution in [1.82, 2.24) is 15.1 Å². The van der Waals surface area contributed by atoms with E-state index in [4.69, 9.17) is 16.3 Å². The fraction of sp³-hybridized carbons (Fsp3) is 0.320. The Morgan fingerprint density at radius 3 is 2.60 bits per heavy atom. The number of carboxylic acid groups (broad SMARTS) is 1. The van der Waals surface area contributed by atoms with Crippen LogP contribution < -0.4 is 10.1 Å². The number of carbonyl (C=O) groups is 3. The van der Waals surface area contributed by atoms with Crippen LogP contribution >= 0.6 is 11.6 Å². The SMILES string of the molecule is CC1=C(C(=O)O)C(c2cccc(Cl)c2)N(CCCN(C)C(=O)CCOc2ccc(F)cc2)C(=O)N1. The number of nitrogens with zero attached hydrogens (tertiary/aromatic N) is 2. The Hall–Kier alpha value is -3.59. The summed E-state index contributed by atoms with van der Waals surface area (Å²) in [5.74, 6) is -1.17. The van der Waals surface area contributed by atoms with Crippen LogP contribution in [0.15, 0.2) is 59.8 Å². The minimum atomic E-state index is -1.13. The van der Waals surface area contributed by atoms with Crippen molar-refractivity contribution in [2.45, 2.75) is 25.8 Å². The number of rotatable bonds is 10. The van der Waals surface area contributed by atoms with Gasteiger partial charge in [0.2, 0.25) is 5.91 Å². The molecule has 1 aliphatic heterocycles. The van der Waals surface area contributed by atoms with Gasteiger partial charge in [0.1, 0.15) is 11.6 Å². The second-order valence-corrected chi connectivity index (χ2v) is 8.58. The van der Waals surface area contributed by atoms with Crippen molar-refractivity contribution in [2.75, 3.05) is 26.7 Å². The highest BCUT2D eigenvalue weighted by Crippen LogP contribution is 2.34. The Morgan fingerprint density at radius 1 is 1.23 bits per heavy atom. The highest BCUT2D eigenvalue weighted by molar-refractivity contribution is 6.30. The fourth-order valence-electron chi connectivity index (χ4n) is 3.89. The topological polar surface area (TPSA) is 99.2 Å². The fourth-order valence-corrected chi connectivity index (χ4v) is 4.09. The molecule has 0 radical (unpaired) electrons. The number of hydrogen-bond donors (Lipinski definition) is 2. The van der Waals surface area contributed by atoms with E-state index >= 15 is 0 Å². The summed E-state index contributed by atoms with van der Waals surface area (Å²) in [6.45, 7) is 2.27. The van der Waals surface area contributed by atoms with Crippen LogP contribution in [0.25, 0.3) is 0 Å². The van der Waals surface area contributed by atoms with Crippen LogP contribution in [-0.2, 0) is 9.59 Å². The number of aliphatic carboxylic acids is 1. The summed E-state index contributed by atoms with van der Waals surface area (Å²) in [7, 11) is 1.65. The third-order valence-corrected chi connectivity index (χ3v) is 5.89. The maximum atomic E-state index is 13.0. The molecule has 3 amide bonds. The number of urea groups is 1. The molecular weight excluding hydrogens is 477 g/mol. The number of halogens is 2. The number of benzene rings is 2. The zero-order chi connectivity index (χ0) is 25.5. The Kier molecular flexibility index (Phi) is 8.70. The third-order valence-electron chi connectivity index (χ3n) is 5.66. The lowest BCUT2D eigenvalue weighted by molar-refractivity contribution is -0.133. The number of carboxylic acids is 1. The van der Waals surface area contributed by atoms with Crippen LogP contribution in [0.4, 0.5) is 9.18 Å².